The van der Waals surface area contributed by atoms with E-state index in [1.807, 2.05) is 0 Å². The summed E-state index contributed by atoms with van der Waals surface area (Å²) >= 11 is 12.0. The number of hydrogen-bond acceptors (Lipinski definition) is 4. The predicted molar refractivity (Wildman–Crippen MR) is 106 cm³/mol. The zero-order chi connectivity index (χ0) is 19.8. The number of carbonyl (C=O) groups excluding carboxylic acids is 2. The lowest BCUT2D eigenvalue weighted by Crippen LogP contribution is -2.40. The van der Waals surface area contributed by atoms with Crippen molar-refractivity contribution in [2.24, 2.45) is 0 Å². The molecule has 1 N–H and O–H groups in total. The maximum absolute atomic E-state index is 12.9. The zero-order valence-corrected chi connectivity index (χ0v) is 16.5. The fourth-order valence-corrected chi connectivity index (χ4v) is 4.41. The lowest BCUT2D eigenvalue weighted by atomic mass is 9.92. The quantitative estimate of drug-likeness (QED) is 0.413. The molecule has 1 aliphatic heterocycles. The van der Waals surface area contributed by atoms with Crippen molar-refractivity contribution in [2.75, 3.05) is 0 Å². The number of aliphatic hydroxyl groups is 1. The summed E-state index contributed by atoms with van der Waals surface area (Å²) in [5.74, 6) is -1.14. The van der Waals surface area contributed by atoms with Gasteiger partial charge in [-0.1, -0.05) is 42.5 Å². The number of benzene rings is 1. The van der Waals surface area contributed by atoms with Gasteiger partial charge in [0.15, 0.2) is 0 Å². The number of rotatable bonds is 3. The van der Waals surface area contributed by atoms with Crippen molar-refractivity contribution in [3.8, 4) is 0 Å². The fraction of sp³-hybridized carbons (Fsp3) is 0.333. The van der Waals surface area contributed by atoms with Gasteiger partial charge in [-0.05, 0) is 43.2 Å². The summed E-state index contributed by atoms with van der Waals surface area (Å²) in [6, 6.07) is 7.19. The van der Waals surface area contributed by atoms with Crippen LogP contribution in [0.1, 0.15) is 49.5 Å². The van der Waals surface area contributed by atoms with Gasteiger partial charge in [-0.2, -0.15) is 0 Å². The van der Waals surface area contributed by atoms with E-state index in [-0.39, 0.29) is 22.4 Å². The summed E-state index contributed by atoms with van der Waals surface area (Å²) in [5, 5.41) is 11.5. The number of aliphatic hydroxyl groups excluding tert-OH is 1. The molecule has 1 atom stereocenters. The first-order valence-corrected chi connectivity index (χ1v) is 10.0. The number of amides is 1. The van der Waals surface area contributed by atoms with Gasteiger partial charge in [-0.3, -0.25) is 9.59 Å². The molecule has 2 heterocycles. The monoisotopic (exact) mass is 419 g/mol. The molecule has 4 rings (SSSR count). The third-order valence-electron chi connectivity index (χ3n) is 5.45. The SMILES string of the molecule is O=C1C(=O)N(C2CCCCC2)C(c2ccco2)/C1=C(/O)c1ccc(Cl)c(Cl)c1. The van der Waals surface area contributed by atoms with Gasteiger partial charge < -0.3 is 14.4 Å². The molecule has 1 aromatic carbocycles. The molecule has 0 bridgehead atoms. The number of likely N-dealkylation sites (tertiary alicyclic amines) is 1. The molecule has 2 fully saturated rings. The molecule has 1 amide bonds. The van der Waals surface area contributed by atoms with Crippen LogP contribution in [-0.2, 0) is 9.59 Å². The smallest absolute Gasteiger partial charge is 0.296 e. The van der Waals surface area contributed by atoms with Crippen LogP contribution in [0.4, 0.5) is 0 Å². The molecule has 1 aromatic heterocycles. The highest BCUT2D eigenvalue weighted by Crippen LogP contribution is 2.43. The van der Waals surface area contributed by atoms with E-state index < -0.39 is 17.7 Å². The largest absolute Gasteiger partial charge is 0.507 e. The molecule has 2 aromatic rings. The predicted octanol–water partition coefficient (Wildman–Crippen LogP) is 5.34. The summed E-state index contributed by atoms with van der Waals surface area (Å²) in [6.07, 6.45) is 6.29. The summed E-state index contributed by atoms with van der Waals surface area (Å²) < 4.78 is 5.56. The van der Waals surface area contributed by atoms with E-state index in [0.29, 0.717) is 16.3 Å². The summed E-state index contributed by atoms with van der Waals surface area (Å²) in [7, 11) is 0. The lowest BCUT2D eigenvalue weighted by molar-refractivity contribution is -0.142. The van der Waals surface area contributed by atoms with Crippen molar-refractivity contribution in [3.63, 3.8) is 0 Å². The molecule has 146 valence electrons. The average Bonchev–Trinajstić information content (AvgIpc) is 3.31. The molecule has 28 heavy (non-hydrogen) atoms. The molecule has 2 aliphatic rings. The van der Waals surface area contributed by atoms with Crippen LogP contribution in [0.25, 0.3) is 5.76 Å². The van der Waals surface area contributed by atoms with Gasteiger partial charge in [-0.25, -0.2) is 0 Å². The Bertz CT molecular complexity index is 945. The van der Waals surface area contributed by atoms with Crippen molar-refractivity contribution in [1.82, 2.24) is 4.90 Å². The van der Waals surface area contributed by atoms with Crippen LogP contribution in [0.5, 0.6) is 0 Å². The Morgan fingerprint density at radius 1 is 1.07 bits per heavy atom. The Kier molecular flexibility index (Phi) is 5.21. The second kappa shape index (κ2) is 7.64. The maximum atomic E-state index is 12.9. The van der Waals surface area contributed by atoms with E-state index in [9.17, 15) is 14.7 Å². The Labute approximate surface area is 172 Å². The first-order chi connectivity index (χ1) is 13.5. The van der Waals surface area contributed by atoms with E-state index in [1.165, 1.54) is 18.4 Å². The molecular weight excluding hydrogens is 401 g/mol. The molecule has 1 saturated carbocycles. The Hall–Kier alpha value is -2.24. The van der Waals surface area contributed by atoms with E-state index in [2.05, 4.69) is 0 Å². The van der Waals surface area contributed by atoms with Crippen molar-refractivity contribution < 1.29 is 19.1 Å². The molecule has 0 radical (unpaired) electrons. The van der Waals surface area contributed by atoms with Gasteiger partial charge in [0, 0.05) is 11.6 Å². The number of ketones is 1. The second-order valence-electron chi connectivity index (χ2n) is 7.14. The fourth-order valence-electron chi connectivity index (χ4n) is 4.11. The molecule has 5 nitrogen and oxygen atoms in total. The van der Waals surface area contributed by atoms with Crippen LogP contribution in [0.15, 0.2) is 46.6 Å². The number of Topliss-reactive ketones (excluding diaryl/α,β-unsaturated/α-hetero) is 1. The number of halogens is 2. The van der Waals surface area contributed by atoms with Crippen molar-refractivity contribution >= 4 is 40.7 Å². The third kappa shape index (κ3) is 3.23. The molecule has 0 spiro atoms. The number of hydrogen-bond donors (Lipinski definition) is 1. The van der Waals surface area contributed by atoms with E-state index >= 15 is 0 Å². The van der Waals surface area contributed by atoms with Crippen molar-refractivity contribution in [3.05, 3.63) is 63.5 Å². The summed E-state index contributed by atoms with van der Waals surface area (Å²) in [5.41, 5.74) is 0.344. The molecular formula is C21H19Cl2NO4. The van der Waals surface area contributed by atoms with Crippen LogP contribution in [0.3, 0.4) is 0 Å². The van der Waals surface area contributed by atoms with Crippen LogP contribution >= 0.6 is 23.2 Å². The van der Waals surface area contributed by atoms with E-state index in [1.54, 1.807) is 23.1 Å². The number of carbonyl (C=O) groups is 2. The van der Waals surface area contributed by atoms with Crippen LogP contribution in [0.2, 0.25) is 10.0 Å². The lowest BCUT2D eigenvalue weighted by Gasteiger charge is -2.34. The third-order valence-corrected chi connectivity index (χ3v) is 6.19. The highest BCUT2D eigenvalue weighted by atomic mass is 35.5. The minimum Gasteiger partial charge on any atom is -0.507 e. The molecule has 1 unspecified atom stereocenters. The van der Waals surface area contributed by atoms with Crippen LogP contribution < -0.4 is 0 Å². The van der Waals surface area contributed by atoms with Crippen LogP contribution in [-0.4, -0.2) is 27.7 Å². The molecule has 1 aliphatic carbocycles. The van der Waals surface area contributed by atoms with Crippen molar-refractivity contribution in [2.45, 2.75) is 44.2 Å². The van der Waals surface area contributed by atoms with Crippen molar-refractivity contribution in [1.29, 1.82) is 0 Å². The van der Waals surface area contributed by atoms with Gasteiger partial charge in [0.1, 0.15) is 17.6 Å². The normalized spacial score (nSPS) is 22.8. The number of furan rings is 1. The maximum Gasteiger partial charge on any atom is 0.296 e. The minimum absolute atomic E-state index is 0.0175. The van der Waals surface area contributed by atoms with Gasteiger partial charge in [0.2, 0.25) is 0 Å². The first kappa shape index (κ1) is 19.1. The number of nitrogens with zero attached hydrogens (tertiary/aromatic N) is 1. The highest BCUT2D eigenvalue weighted by Gasteiger charge is 2.50. The molecule has 1 saturated heterocycles. The van der Waals surface area contributed by atoms with Gasteiger partial charge in [0.05, 0.1) is 21.9 Å². The van der Waals surface area contributed by atoms with Gasteiger partial charge >= 0.3 is 0 Å². The standard InChI is InChI=1S/C21H19Cl2NO4/c22-14-9-8-12(11-15(14)23)19(25)17-18(16-7-4-10-28-16)24(21(27)20(17)26)13-5-2-1-3-6-13/h4,7-11,13,18,25H,1-3,5-6H2/b19-17-. The van der Waals surface area contributed by atoms with Crippen LogP contribution in [0, 0.1) is 0 Å². The first-order valence-electron chi connectivity index (χ1n) is 9.28. The summed E-state index contributed by atoms with van der Waals surface area (Å²) in [4.78, 5) is 27.4. The minimum atomic E-state index is -0.757. The van der Waals surface area contributed by atoms with E-state index in [0.717, 1.165) is 32.1 Å². The molecule has 7 heteroatoms. The second-order valence-corrected chi connectivity index (χ2v) is 7.96. The van der Waals surface area contributed by atoms with Gasteiger partial charge in [0.25, 0.3) is 11.7 Å². The Morgan fingerprint density at radius 2 is 1.82 bits per heavy atom. The zero-order valence-electron chi connectivity index (χ0n) is 15.0. The Morgan fingerprint density at radius 3 is 2.46 bits per heavy atom. The van der Waals surface area contributed by atoms with Gasteiger partial charge in [-0.15, -0.1) is 0 Å². The highest BCUT2D eigenvalue weighted by molar-refractivity contribution is 6.47. The summed E-state index contributed by atoms with van der Waals surface area (Å²) in [6.45, 7) is 0. The topological polar surface area (TPSA) is 70.8 Å². The Balaban J connectivity index is 1.85. The average molecular weight is 420 g/mol. The van der Waals surface area contributed by atoms with E-state index in [4.69, 9.17) is 27.6 Å².